The molecule has 6 nitrogen and oxygen atoms in total. The molecule has 3 unspecified atom stereocenters. The molecule has 2 rings (SSSR count). The molecule has 1 N–H and O–H groups in total. The number of unbranched alkanes of at least 4 members (excludes halogenated alkanes) is 16. The lowest BCUT2D eigenvalue weighted by Gasteiger charge is -2.38. The van der Waals surface area contributed by atoms with Crippen LogP contribution in [0.1, 0.15) is 168 Å². The summed E-state index contributed by atoms with van der Waals surface area (Å²) in [6, 6.07) is 8.26. The lowest BCUT2D eigenvalue weighted by Crippen LogP contribution is -2.47. The fourth-order valence-electron chi connectivity index (χ4n) is 6.58. The van der Waals surface area contributed by atoms with E-state index in [1.54, 1.807) is 4.90 Å². The van der Waals surface area contributed by atoms with Gasteiger partial charge in [-0.2, -0.15) is 0 Å². The molecule has 3 atom stereocenters. The first-order valence-corrected chi connectivity index (χ1v) is 18.8. The van der Waals surface area contributed by atoms with Gasteiger partial charge in [0.2, 0.25) is 11.7 Å². The number of hydrogen-bond acceptors (Lipinski definition) is 4. The van der Waals surface area contributed by atoms with E-state index in [4.69, 9.17) is 9.47 Å². The van der Waals surface area contributed by atoms with Crippen LogP contribution >= 0.6 is 0 Å². The van der Waals surface area contributed by atoms with Gasteiger partial charge in [0.25, 0.3) is 0 Å². The van der Waals surface area contributed by atoms with Crippen LogP contribution in [-0.4, -0.2) is 46.9 Å². The number of carbonyl (C=O) groups is 2. The summed E-state index contributed by atoms with van der Waals surface area (Å²) in [6.07, 6.45) is 25.5. The van der Waals surface area contributed by atoms with Gasteiger partial charge >= 0.3 is 5.97 Å². The highest BCUT2D eigenvalue weighted by Gasteiger charge is 2.41. The highest BCUT2D eigenvalue weighted by molar-refractivity contribution is 5.86. The molecule has 0 aliphatic carbocycles. The number of amides is 1. The van der Waals surface area contributed by atoms with Crippen LogP contribution in [0.25, 0.3) is 0 Å². The molecule has 1 amide bonds. The molecular formula is C39H67NO5. The van der Waals surface area contributed by atoms with E-state index in [1.165, 1.54) is 108 Å². The zero-order valence-electron chi connectivity index (χ0n) is 29.5. The van der Waals surface area contributed by atoms with Gasteiger partial charge in [-0.05, 0) is 43.9 Å². The Hall–Kier alpha value is -2.08. The van der Waals surface area contributed by atoms with Crippen molar-refractivity contribution in [2.75, 3.05) is 13.2 Å². The number of ether oxygens (including phenoxy) is 2. The monoisotopic (exact) mass is 630 g/mol. The Kier molecular flexibility index (Phi) is 20.2. The molecule has 1 aliphatic rings. The van der Waals surface area contributed by atoms with Crippen LogP contribution < -0.4 is 4.74 Å². The van der Waals surface area contributed by atoms with Crippen molar-refractivity contribution in [2.24, 2.45) is 5.92 Å². The molecule has 0 radical (unpaired) electrons. The van der Waals surface area contributed by atoms with Crippen LogP contribution in [0.4, 0.5) is 0 Å². The van der Waals surface area contributed by atoms with Gasteiger partial charge in [0.1, 0.15) is 5.75 Å². The van der Waals surface area contributed by atoms with Crippen LogP contribution in [-0.2, 0) is 20.7 Å². The number of rotatable bonds is 28. The summed E-state index contributed by atoms with van der Waals surface area (Å²) in [5, 5.41) is 9.49. The van der Waals surface area contributed by atoms with E-state index >= 15 is 0 Å². The number of carbonyl (C=O) groups excluding carboxylic acids is 1. The molecule has 1 aromatic carbocycles. The molecule has 0 saturated carbocycles. The molecular weight excluding hydrogens is 562 g/mol. The number of carboxylic acids is 1. The van der Waals surface area contributed by atoms with Crippen LogP contribution in [0.5, 0.6) is 5.75 Å². The lowest BCUT2D eigenvalue weighted by atomic mass is 10.0. The van der Waals surface area contributed by atoms with E-state index in [1.807, 2.05) is 6.92 Å². The Bertz CT molecular complexity index is 919. The van der Waals surface area contributed by atoms with Gasteiger partial charge < -0.3 is 19.5 Å². The van der Waals surface area contributed by atoms with Crippen molar-refractivity contribution in [1.29, 1.82) is 0 Å². The SMILES string of the molecule is CCCCCCCCCCCCCOC(CC)(CC(C)N1CC(C(=O)O)CC1=O)Oc1ccc(CCCCCCCCC)cc1. The standard InChI is InChI=1S/C39H67NO5/c1-5-8-10-12-14-15-16-17-19-21-23-29-44-39(7-3,31-33(4)40-32-35(38(42)43)30-37(40)41)45-36-27-25-34(26-28-36)24-22-20-18-13-11-9-6-2/h25-28,33,35H,5-24,29-32H2,1-4H3,(H,42,43). The van der Waals surface area contributed by atoms with Gasteiger partial charge in [0.15, 0.2) is 0 Å². The predicted molar refractivity (Wildman–Crippen MR) is 186 cm³/mol. The van der Waals surface area contributed by atoms with Crippen molar-refractivity contribution >= 4 is 11.9 Å². The summed E-state index contributed by atoms with van der Waals surface area (Å²) in [5.74, 6) is -1.74. The fraction of sp³-hybridized carbons (Fsp3) is 0.795. The minimum atomic E-state index is -0.902. The minimum Gasteiger partial charge on any atom is -0.481 e. The summed E-state index contributed by atoms with van der Waals surface area (Å²) in [7, 11) is 0. The predicted octanol–water partition coefficient (Wildman–Crippen LogP) is 10.5. The minimum absolute atomic E-state index is 0.0689. The van der Waals surface area contributed by atoms with Crippen molar-refractivity contribution in [2.45, 2.75) is 181 Å². The largest absolute Gasteiger partial charge is 0.481 e. The van der Waals surface area contributed by atoms with Gasteiger partial charge in [0.05, 0.1) is 12.5 Å². The molecule has 6 heteroatoms. The molecule has 0 aromatic heterocycles. The third kappa shape index (κ3) is 15.9. The lowest BCUT2D eigenvalue weighted by molar-refractivity contribution is -0.197. The topological polar surface area (TPSA) is 76.1 Å². The maximum atomic E-state index is 12.7. The number of aryl methyl sites for hydroxylation is 1. The van der Waals surface area contributed by atoms with Crippen molar-refractivity contribution in [3.05, 3.63) is 29.8 Å². The number of nitrogens with zero attached hydrogens (tertiary/aromatic N) is 1. The average Bonchev–Trinajstić information content (AvgIpc) is 3.44. The molecule has 258 valence electrons. The highest BCUT2D eigenvalue weighted by Crippen LogP contribution is 2.32. The maximum Gasteiger partial charge on any atom is 0.308 e. The third-order valence-electron chi connectivity index (χ3n) is 9.59. The molecule has 0 bridgehead atoms. The molecule has 1 fully saturated rings. The quantitative estimate of drug-likeness (QED) is 0.0737. The maximum absolute atomic E-state index is 12.7. The summed E-state index contributed by atoms with van der Waals surface area (Å²) in [4.78, 5) is 26.0. The van der Waals surface area contributed by atoms with E-state index < -0.39 is 17.7 Å². The zero-order valence-corrected chi connectivity index (χ0v) is 29.5. The first-order valence-electron chi connectivity index (χ1n) is 18.8. The van der Waals surface area contributed by atoms with Crippen LogP contribution in [0.3, 0.4) is 0 Å². The van der Waals surface area contributed by atoms with Gasteiger partial charge in [-0.1, -0.05) is 136 Å². The van der Waals surface area contributed by atoms with E-state index in [9.17, 15) is 14.7 Å². The second-order valence-electron chi connectivity index (χ2n) is 13.6. The van der Waals surface area contributed by atoms with Gasteiger partial charge in [-0.15, -0.1) is 0 Å². The highest BCUT2D eigenvalue weighted by atomic mass is 16.7. The smallest absolute Gasteiger partial charge is 0.308 e. The Morgan fingerprint density at radius 3 is 1.82 bits per heavy atom. The van der Waals surface area contributed by atoms with Gasteiger partial charge in [-0.25, -0.2) is 0 Å². The number of carboxylic acid groups (broad SMARTS) is 1. The summed E-state index contributed by atoms with van der Waals surface area (Å²) in [6.45, 7) is 9.46. The zero-order chi connectivity index (χ0) is 32.8. The van der Waals surface area contributed by atoms with E-state index in [0.717, 1.165) is 25.0 Å². The Morgan fingerprint density at radius 1 is 0.822 bits per heavy atom. The first kappa shape index (κ1) is 39.1. The van der Waals surface area contributed by atoms with E-state index in [-0.39, 0.29) is 24.9 Å². The van der Waals surface area contributed by atoms with Crippen molar-refractivity contribution in [1.82, 2.24) is 4.90 Å². The van der Waals surface area contributed by atoms with E-state index in [0.29, 0.717) is 19.4 Å². The average molecular weight is 630 g/mol. The second-order valence-corrected chi connectivity index (χ2v) is 13.6. The van der Waals surface area contributed by atoms with Crippen LogP contribution in [0.2, 0.25) is 0 Å². The van der Waals surface area contributed by atoms with Crippen molar-refractivity contribution in [3.8, 4) is 5.75 Å². The second kappa shape index (κ2) is 23.3. The molecule has 45 heavy (non-hydrogen) atoms. The van der Waals surface area contributed by atoms with Crippen molar-refractivity contribution < 1.29 is 24.2 Å². The fourth-order valence-corrected chi connectivity index (χ4v) is 6.58. The molecule has 1 aliphatic heterocycles. The number of likely N-dealkylation sites (tertiary alicyclic amines) is 1. The number of hydrogen-bond donors (Lipinski definition) is 1. The Balaban J connectivity index is 1.91. The van der Waals surface area contributed by atoms with E-state index in [2.05, 4.69) is 45.0 Å². The number of benzene rings is 1. The van der Waals surface area contributed by atoms with Gasteiger partial charge in [0, 0.05) is 31.8 Å². The van der Waals surface area contributed by atoms with Crippen LogP contribution in [0, 0.1) is 5.92 Å². The van der Waals surface area contributed by atoms with Gasteiger partial charge in [-0.3, -0.25) is 9.59 Å². The number of aliphatic carboxylic acids is 1. The van der Waals surface area contributed by atoms with Crippen molar-refractivity contribution in [3.63, 3.8) is 0 Å². The Labute approximate surface area is 276 Å². The summed E-state index contributed by atoms with van der Waals surface area (Å²) in [5.41, 5.74) is 1.33. The third-order valence-corrected chi connectivity index (χ3v) is 9.59. The Morgan fingerprint density at radius 2 is 1.33 bits per heavy atom. The first-order chi connectivity index (χ1) is 21.8. The molecule has 0 spiro atoms. The van der Waals surface area contributed by atoms with Crippen LogP contribution in [0.15, 0.2) is 24.3 Å². The molecule has 1 heterocycles. The molecule has 1 aromatic rings. The summed E-state index contributed by atoms with van der Waals surface area (Å²) >= 11 is 0. The normalized spacial score (nSPS) is 17.0. The summed E-state index contributed by atoms with van der Waals surface area (Å²) < 4.78 is 13.2. The molecule has 1 saturated heterocycles.